The molecule has 2 rings (SSSR count). The van der Waals surface area contributed by atoms with Gasteiger partial charge in [0.05, 0.1) is 12.0 Å². The van der Waals surface area contributed by atoms with Crippen LogP contribution in [0.5, 0.6) is 5.75 Å². The average Bonchev–Trinajstić information content (AvgIpc) is 2.93. The lowest BCUT2D eigenvalue weighted by atomic mass is 10.1. The Morgan fingerprint density at radius 1 is 1.52 bits per heavy atom. The maximum atomic E-state index is 12.2. The first-order valence-corrected chi connectivity index (χ1v) is 7.29. The summed E-state index contributed by atoms with van der Waals surface area (Å²) in [5.41, 5.74) is 0.186. The number of hydrogen-bond acceptors (Lipinski definition) is 4. The number of nitrogens with zero attached hydrogens (tertiary/aromatic N) is 1. The largest absolute Gasteiger partial charge is 0.490 e. The maximum absolute atomic E-state index is 12.2. The minimum atomic E-state index is -0.541. The number of nitro groups is 1. The molecule has 2 unspecified atom stereocenters. The molecule has 6 nitrogen and oxygen atoms in total. The SMILES string of the molecule is COc1cc(C(=O)NC2CCCC2CCl)ccc1[N+](=O)[O-]. The molecule has 0 aliphatic heterocycles. The maximum Gasteiger partial charge on any atom is 0.310 e. The zero-order valence-electron chi connectivity index (χ0n) is 11.7. The molecule has 0 spiro atoms. The Morgan fingerprint density at radius 3 is 2.90 bits per heavy atom. The Hall–Kier alpha value is -1.82. The highest BCUT2D eigenvalue weighted by atomic mass is 35.5. The van der Waals surface area contributed by atoms with Gasteiger partial charge in [0.25, 0.3) is 5.91 Å². The number of alkyl halides is 1. The van der Waals surface area contributed by atoms with Crippen LogP contribution in [0.15, 0.2) is 18.2 Å². The molecular weight excluding hydrogens is 296 g/mol. The first kappa shape index (κ1) is 15.6. The Labute approximate surface area is 127 Å². The lowest BCUT2D eigenvalue weighted by molar-refractivity contribution is -0.385. The summed E-state index contributed by atoms with van der Waals surface area (Å²) >= 11 is 5.89. The molecule has 1 aliphatic carbocycles. The van der Waals surface area contributed by atoms with Crippen LogP contribution in [0.1, 0.15) is 29.6 Å². The van der Waals surface area contributed by atoms with E-state index in [1.54, 1.807) is 0 Å². The van der Waals surface area contributed by atoms with Crippen LogP contribution in [0.25, 0.3) is 0 Å². The van der Waals surface area contributed by atoms with Crippen molar-refractivity contribution in [2.24, 2.45) is 5.92 Å². The molecule has 1 aliphatic rings. The Bertz CT molecular complexity index is 550. The third-order valence-corrected chi connectivity index (χ3v) is 4.21. The lowest BCUT2D eigenvalue weighted by Crippen LogP contribution is -2.37. The zero-order valence-corrected chi connectivity index (χ0v) is 12.4. The average molecular weight is 313 g/mol. The molecule has 0 heterocycles. The quantitative estimate of drug-likeness (QED) is 0.515. The summed E-state index contributed by atoms with van der Waals surface area (Å²) in [6.45, 7) is 0. The summed E-state index contributed by atoms with van der Waals surface area (Å²) in [4.78, 5) is 22.5. The molecule has 1 N–H and O–H groups in total. The summed E-state index contributed by atoms with van der Waals surface area (Å²) < 4.78 is 4.97. The number of ether oxygens (including phenoxy) is 1. The fourth-order valence-corrected chi connectivity index (χ4v) is 3.00. The van der Waals surface area contributed by atoms with Crippen LogP contribution in [0, 0.1) is 16.0 Å². The minimum Gasteiger partial charge on any atom is -0.490 e. The van der Waals surface area contributed by atoms with Gasteiger partial charge < -0.3 is 10.1 Å². The highest BCUT2D eigenvalue weighted by Crippen LogP contribution is 2.29. The van der Waals surface area contributed by atoms with Crippen molar-refractivity contribution in [3.8, 4) is 5.75 Å². The molecule has 1 aromatic carbocycles. The highest BCUT2D eigenvalue weighted by Gasteiger charge is 2.28. The van der Waals surface area contributed by atoms with Crippen LogP contribution in [-0.4, -0.2) is 29.9 Å². The third kappa shape index (κ3) is 3.44. The molecule has 0 bridgehead atoms. The van der Waals surface area contributed by atoms with Gasteiger partial charge in [-0.15, -0.1) is 11.6 Å². The van der Waals surface area contributed by atoms with Crippen LogP contribution >= 0.6 is 11.6 Å². The van der Waals surface area contributed by atoms with Gasteiger partial charge in [0, 0.05) is 29.6 Å². The van der Waals surface area contributed by atoms with Crippen molar-refractivity contribution >= 4 is 23.2 Å². The third-order valence-electron chi connectivity index (χ3n) is 3.81. The van der Waals surface area contributed by atoms with E-state index in [0.29, 0.717) is 11.4 Å². The molecule has 1 amide bonds. The number of rotatable bonds is 5. The summed E-state index contributed by atoms with van der Waals surface area (Å²) in [5, 5.41) is 13.8. The van der Waals surface area contributed by atoms with Gasteiger partial charge in [-0.3, -0.25) is 14.9 Å². The van der Waals surface area contributed by atoms with Crippen LogP contribution in [0.4, 0.5) is 5.69 Å². The molecule has 0 aromatic heterocycles. The second-order valence-corrected chi connectivity index (χ2v) is 5.38. The molecule has 7 heteroatoms. The van der Waals surface area contributed by atoms with Gasteiger partial charge in [-0.1, -0.05) is 6.42 Å². The molecule has 2 atom stereocenters. The molecule has 1 fully saturated rings. The topological polar surface area (TPSA) is 81.5 Å². The first-order valence-electron chi connectivity index (χ1n) is 6.76. The van der Waals surface area contributed by atoms with E-state index < -0.39 is 4.92 Å². The van der Waals surface area contributed by atoms with E-state index in [4.69, 9.17) is 16.3 Å². The van der Waals surface area contributed by atoms with Crippen molar-refractivity contribution in [2.45, 2.75) is 25.3 Å². The van der Waals surface area contributed by atoms with E-state index >= 15 is 0 Å². The number of carbonyl (C=O) groups is 1. The number of halogens is 1. The smallest absolute Gasteiger partial charge is 0.310 e. The number of methoxy groups -OCH3 is 1. The van der Waals surface area contributed by atoms with Crippen molar-refractivity contribution in [3.05, 3.63) is 33.9 Å². The predicted octanol–water partition coefficient (Wildman–Crippen LogP) is 2.74. The van der Waals surface area contributed by atoms with Crippen LogP contribution in [-0.2, 0) is 0 Å². The summed E-state index contributed by atoms with van der Waals surface area (Å²) in [6.07, 6.45) is 2.97. The van der Waals surface area contributed by atoms with Crippen molar-refractivity contribution in [2.75, 3.05) is 13.0 Å². The van der Waals surface area contributed by atoms with Gasteiger partial charge in [-0.05, 0) is 24.8 Å². The van der Waals surface area contributed by atoms with Crippen molar-refractivity contribution in [3.63, 3.8) is 0 Å². The predicted molar refractivity (Wildman–Crippen MR) is 79.0 cm³/mol. The van der Waals surface area contributed by atoms with E-state index in [1.807, 2.05) is 0 Å². The molecular formula is C14H17ClN2O4. The summed E-state index contributed by atoms with van der Waals surface area (Å²) in [6, 6.07) is 4.16. The van der Waals surface area contributed by atoms with E-state index in [9.17, 15) is 14.9 Å². The fraction of sp³-hybridized carbons (Fsp3) is 0.500. The highest BCUT2D eigenvalue weighted by molar-refractivity contribution is 6.18. The van der Waals surface area contributed by atoms with Gasteiger partial charge >= 0.3 is 5.69 Å². The molecule has 0 saturated heterocycles. The lowest BCUT2D eigenvalue weighted by Gasteiger charge is -2.19. The van der Waals surface area contributed by atoms with E-state index in [1.165, 1.54) is 25.3 Å². The molecule has 114 valence electrons. The Balaban J connectivity index is 2.14. The van der Waals surface area contributed by atoms with Crippen LogP contribution in [0.3, 0.4) is 0 Å². The normalized spacial score (nSPS) is 21.0. The van der Waals surface area contributed by atoms with Gasteiger partial charge in [0.1, 0.15) is 0 Å². The molecule has 1 aromatic rings. The minimum absolute atomic E-state index is 0.0659. The van der Waals surface area contributed by atoms with Gasteiger partial charge in [0.2, 0.25) is 0 Å². The Morgan fingerprint density at radius 2 is 2.29 bits per heavy atom. The van der Waals surface area contributed by atoms with Gasteiger partial charge in [-0.2, -0.15) is 0 Å². The fourth-order valence-electron chi connectivity index (χ4n) is 2.63. The standard InChI is InChI=1S/C14H17ClN2O4/c1-21-13-7-9(5-6-12(13)17(19)20)14(18)16-11-4-2-3-10(11)8-15/h5-7,10-11H,2-4,8H2,1H3,(H,16,18). The van der Waals surface area contributed by atoms with Gasteiger partial charge in [0.15, 0.2) is 5.75 Å². The number of benzene rings is 1. The second kappa shape index (κ2) is 6.76. The zero-order chi connectivity index (χ0) is 15.4. The molecule has 21 heavy (non-hydrogen) atoms. The van der Waals surface area contributed by atoms with E-state index in [-0.39, 0.29) is 29.3 Å². The summed E-state index contributed by atoms with van der Waals surface area (Å²) in [7, 11) is 1.34. The summed E-state index contributed by atoms with van der Waals surface area (Å²) in [5.74, 6) is 0.628. The van der Waals surface area contributed by atoms with E-state index in [0.717, 1.165) is 19.3 Å². The molecule has 0 radical (unpaired) electrons. The number of carbonyl (C=O) groups excluding carboxylic acids is 1. The number of nitro benzene ring substituents is 1. The van der Waals surface area contributed by atoms with Crippen LogP contribution in [0.2, 0.25) is 0 Å². The second-order valence-electron chi connectivity index (χ2n) is 5.07. The monoisotopic (exact) mass is 312 g/mol. The first-order chi connectivity index (χ1) is 10.1. The van der Waals surface area contributed by atoms with Crippen molar-refractivity contribution in [1.82, 2.24) is 5.32 Å². The number of amides is 1. The number of hydrogen-bond donors (Lipinski definition) is 1. The van der Waals surface area contributed by atoms with Crippen LogP contribution < -0.4 is 10.1 Å². The van der Waals surface area contributed by atoms with Crippen molar-refractivity contribution < 1.29 is 14.5 Å². The number of nitrogens with one attached hydrogen (secondary N) is 1. The van der Waals surface area contributed by atoms with Crippen molar-refractivity contribution in [1.29, 1.82) is 0 Å². The molecule has 1 saturated carbocycles. The Kier molecular flexibility index (Phi) is 5.01. The van der Waals surface area contributed by atoms with Gasteiger partial charge in [-0.25, -0.2) is 0 Å². The van der Waals surface area contributed by atoms with E-state index in [2.05, 4.69) is 5.32 Å².